The molecule has 0 bridgehead atoms. The zero-order chi connectivity index (χ0) is 21.9. The molecule has 1 N–H and O–H groups in total. The van der Waals surface area contributed by atoms with Crippen LogP contribution in [0.5, 0.6) is 0 Å². The van der Waals surface area contributed by atoms with Gasteiger partial charge in [0.1, 0.15) is 5.60 Å². The van der Waals surface area contributed by atoms with Crippen molar-refractivity contribution in [2.75, 3.05) is 6.61 Å². The lowest BCUT2D eigenvalue weighted by Gasteiger charge is -2.42. The van der Waals surface area contributed by atoms with Crippen molar-refractivity contribution in [2.24, 2.45) is 0 Å². The minimum atomic E-state index is -1.25. The standard InChI is InChI=1S/C25H28O5/c1-4-30-22(26)16-25(29)14-13-24(2,3)20-12-9-18(15-21(20)25)6-5-17-7-10-19(11-8-17)23(27)28/h5-12,15,29H,4,13-14,16H2,1-3H3,(H,27,28)/p-1/b6-5+. The van der Waals surface area contributed by atoms with Crippen molar-refractivity contribution in [3.63, 3.8) is 0 Å². The molecule has 5 heteroatoms. The average molecular weight is 407 g/mol. The molecule has 5 nitrogen and oxygen atoms in total. The lowest BCUT2D eigenvalue weighted by Crippen LogP contribution is -2.39. The summed E-state index contributed by atoms with van der Waals surface area (Å²) < 4.78 is 5.08. The van der Waals surface area contributed by atoms with E-state index in [0.29, 0.717) is 6.42 Å². The van der Waals surface area contributed by atoms with Crippen molar-refractivity contribution in [3.05, 3.63) is 70.3 Å². The quantitative estimate of drug-likeness (QED) is 0.586. The number of carbonyl (C=O) groups excluding carboxylic acids is 2. The molecule has 0 saturated carbocycles. The van der Waals surface area contributed by atoms with Gasteiger partial charge in [0.25, 0.3) is 0 Å². The van der Waals surface area contributed by atoms with Crippen molar-refractivity contribution in [1.29, 1.82) is 0 Å². The van der Waals surface area contributed by atoms with E-state index in [1.165, 1.54) is 12.1 Å². The Labute approximate surface area is 177 Å². The van der Waals surface area contributed by atoms with Gasteiger partial charge in [0.05, 0.1) is 19.0 Å². The second-order valence-electron chi connectivity index (χ2n) is 8.45. The minimum absolute atomic E-state index is 0.0677. The third-order valence-corrected chi connectivity index (χ3v) is 5.79. The van der Waals surface area contributed by atoms with E-state index in [2.05, 4.69) is 13.8 Å². The fourth-order valence-corrected chi connectivity index (χ4v) is 3.99. The molecule has 158 valence electrons. The molecule has 0 aliphatic heterocycles. The number of esters is 1. The Bertz CT molecular complexity index is 972. The van der Waals surface area contributed by atoms with Gasteiger partial charge in [-0.3, -0.25) is 4.79 Å². The van der Waals surface area contributed by atoms with Crippen molar-refractivity contribution >= 4 is 24.1 Å². The van der Waals surface area contributed by atoms with E-state index in [4.69, 9.17) is 4.74 Å². The lowest BCUT2D eigenvalue weighted by atomic mass is 9.65. The highest BCUT2D eigenvalue weighted by Crippen LogP contribution is 2.46. The summed E-state index contributed by atoms with van der Waals surface area (Å²) in [4.78, 5) is 23.0. The summed E-state index contributed by atoms with van der Waals surface area (Å²) in [7, 11) is 0. The van der Waals surface area contributed by atoms with Gasteiger partial charge in [-0.15, -0.1) is 0 Å². The molecule has 1 unspecified atom stereocenters. The average Bonchev–Trinajstić information content (AvgIpc) is 2.70. The van der Waals surface area contributed by atoms with Gasteiger partial charge in [-0.05, 0) is 59.1 Å². The van der Waals surface area contributed by atoms with Crippen molar-refractivity contribution < 1.29 is 24.5 Å². The first-order chi connectivity index (χ1) is 14.1. The summed E-state index contributed by atoms with van der Waals surface area (Å²) in [5, 5.41) is 22.2. The maximum Gasteiger partial charge on any atom is 0.309 e. The maximum atomic E-state index is 12.1. The summed E-state index contributed by atoms with van der Waals surface area (Å²) in [6.07, 6.45) is 4.97. The molecule has 30 heavy (non-hydrogen) atoms. The van der Waals surface area contributed by atoms with E-state index in [-0.39, 0.29) is 24.0 Å². The highest BCUT2D eigenvalue weighted by molar-refractivity contribution is 5.86. The molecule has 3 rings (SSSR count). The summed E-state index contributed by atoms with van der Waals surface area (Å²) in [5.41, 5.74) is 2.32. The summed E-state index contributed by atoms with van der Waals surface area (Å²) >= 11 is 0. The number of carbonyl (C=O) groups is 2. The Morgan fingerprint density at radius 3 is 2.30 bits per heavy atom. The van der Waals surface area contributed by atoms with Crippen LogP contribution in [0.3, 0.4) is 0 Å². The smallest absolute Gasteiger partial charge is 0.309 e. The fraction of sp³-hybridized carbons (Fsp3) is 0.360. The van der Waals surface area contributed by atoms with Gasteiger partial charge in [-0.25, -0.2) is 0 Å². The van der Waals surface area contributed by atoms with Crippen LogP contribution in [-0.2, 0) is 20.5 Å². The van der Waals surface area contributed by atoms with Crippen LogP contribution in [0.1, 0.15) is 72.6 Å². The second-order valence-corrected chi connectivity index (χ2v) is 8.45. The third kappa shape index (κ3) is 4.62. The van der Waals surface area contributed by atoms with Gasteiger partial charge >= 0.3 is 5.97 Å². The van der Waals surface area contributed by atoms with E-state index >= 15 is 0 Å². The Hall–Kier alpha value is -2.92. The van der Waals surface area contributed by atoms with Crippen LogP contribution >= 0.6 is 0 Å². The van der Waals surface area contributed by atoms with Crippen LogP contribution in [0.4, 0.5) is 0 Å². The van der Waals surface area contributed by atoms with Crippen LogP contribution in [-0.4, -0.2) is 23.7 Å². The van der Waals surface area contributed by atoms with Gasteiger partial charge in [0.15, 0.2) is 0 Å². The fourth-order valence-electron chi connectivity index (χ4n) is 3.99. The first kappa shape index (κ1) is 21.8. The largest absolute Gasteiger partial charge is 0.545 e. The second kappa shape index (κ2) is 8.44. The molecule has 1 atom stereocenters. The Morgan fingerprint density at radius 1 is 1.03 bits per heavy atom. The first-order valence-electron chi connectivity index (χ1n) is 10.2. The van der Waals surface area contributed by atoms with Crippen LogP contribution in [0.25, 0.3) is 12.2 Å². The lowest BCUT2D eigenvalue weighted by molar-refractivity contribution is -0.255. The number of aliphatic hydroxyl groups is 1. The number of rotatable bonds is 6. The predicted octanol–water partition coefficient (Wildman–Crippen LogP) is 3.43. The van der Waals surface area contributed by atoms with E-state index < -0.39 is 17.5 Å². The Kier molecular flexibility index (Phi) is 6.13. The SMILES string of the molecule is CCOC(=O)CC1(O)CCC(C)(C)c2ccc(/C=C/c3ccc(C(=O)[O-])cc3)cc21. The molecular weight excluding hydrogens is 380 g/mol. The number of ether oxygens (including phenoxy) is 1. The van der Waals surface area contributed by atoms with Crippen LogP contribution < -0.4 is 5.11 Å². The van der Waals surface area contributed by atoms with Crippen LogP contribution in [0, 0.1) is 0 Å². The van der Waals surface area contributed by atoms with Gasteiger partial charge in [-0.2, -0.15) is 0 Å². The molecule has 1 aliphatic carbocycles. The molecule has 2 aromatic carbocycles. The number of hydrogen-bond donors (Lipinski definition) is 1. The third-order valence-electron chi connectivity index (χ3n) is 5.79. The Balaban J connectivity index is 1.92. The molecule has 0 aromatic heterocycles. The Morgan fingerprint density at radius 2 is 1.67 bits per heavy atom. The number of carboxylic acids is 1. The maximum absolute atomic E-state index is 12.1. The molecule has 1 aliphatic rings. The van der Waals surface area contributed by atoms with Crippen molar-refractivity contribution in [2.45, 2.75) is 51.0 Å². The number of carboxylic acid groups (broad SMARTS) is 1. The van der Waals surface area contributed by atoms with Crippen LogP contribution in [0.2, 0.25) is 0 Å². The number of aromatic carboxylic acids is 1. The predicted molar refractivity (Wildman–Crippen MR) is 114 cm³/mol. The highest BCUT2D eigenvalue weighted by Gasteiger charge is 2.43. The van der Waals surface area contributed by atoms with Gasteiger partial charge in [0.2, 0.25) is 0 Å². The van der Waals surface area contributed by atoms with E-state index in [1.807, 2.05) is 30.4 Å². The zero-order valence-electron chi connectivity index (χ0n) is 17.6. The molecule has 0 fully saturated rings. The molecule has 2 aromatic rings. The number of hydrogen-bond acceptors (Lipinski definition) is 5. The molecule has 0 spiro atoms. The monoisotopic (exact) mass is 407 g/mol. The summed E-state index contributed by atoms with van der Waals surface area (Å²) in [6, 6.07) is 12.4. The number of benzene rings is 2. The van der Waals surface area contributed by atoms with E-state index in [9.17, 15) is 19.8 Å². The topological polar surface area (TPSA) is 86.7 Å². The summed E-state index contributed by atoms with van der Waals surface area (Å²) in [6.45, 7) is 6.32. The number of fused-ring (bicyclic) bond motifs is 1. The van der Waals surface area contributed by atoms with E-state index in [0.717, 1.165) is 28.7 Å². The molecule has 0 amide bonds. The van der Waals surface area contributed by atoms with Crippen molar-refractivity contribution in [3.8, 4) is 0 Å². The van der Waals surface area contributed by atoms with E-state index in [1.54, 1.807) is 19.1 Å². The van der Waals surface area contributed by atoms with Gasteiger partial charge in [0, 0.05) is 0 Å². The molecule has 0 heterocycles. The summed E-state index contributed by atoms with van der Waals surface area (Å²) in [5.74, 6) is -1.61. The van der Waals surface area contributed by atoms with Crippen molar-refractivity contribution in [1.82, 2.24) is 0 Å². The highest BCUT2D eigenvalue weighted by atomic mass is 16.5. The molecular formula is C25H27O5-. The molecule has 0 radical (unpaired) electrons. The zero-order valence-corrected chi connectivity index (χ0v) is 17.6. The van der Waals surface area contributed by atoms with Gasteiger partial charge < -0.3 is 19.7 Å². The molecule has 0 saturated heterocycles. The first-order valence-corrected chi connectivity index (χ1v) is 10.2. The minimum Gasteiger partial charge on any atom is -0.545 e. The van der Waals surface area contributed by atoms with Crippen LogP contribution in [0.15, 0.2) is 42.5 Å². The normalized spacial score (nSPS) is 20.0. The van der Waals surface area contributed by atoms with Gasteiger partial charge in [-0.1, -0.05) is 62.4 Å².